The molecule has 1 aromatic heterocycles. The molecule has 2 rings (SSSR count). The zero-order valence-corrected chi connectivity index (χ0v) is 12.9. The number of hydrogen-bond donors (Lipinski definition) is 1. The Morgan fingerprint density at radius 2 is 2.30 bits per heavy atom. The molecule has 2 heterocycles. The van der Waals surface area contributed by atoms with Crippen LogP contribution in [0, 0.1) is 13.8 Å². The molecule has 0 aliphatic carbocycles. The van der Waals surface area contributed by atoms with Crippen LogP contribution in [0.25, 0.3) is 0 Å². The van der Waals surface area contributed by atoms with Crippen LogP contribution in [0.5, 0.6) is 0 Å². The van der Waals surface area contributed by atoms with Gasteiger partial charge in [-0.3, -0.25) is 0 Å². The third-order valence-electron chi connectivity index (χ3n) is 3.79. The Kier molecular flexibility index (Phi) is 6.07. The normalized spacial score (nSPS) is 20.4. The Labute approximate surface area is 121 Å². The summed E-state index contributed by atoms with van der Waals surface area (Å²) in [5.74, 6) is 1.99. The molecule has 1 aliphatic rings. The van der Waals surface area contributed by atoms with Crippen LogP contribution in [0.15, 0.2) is 10.5 Å². The van der Waals surface area contributed by atoms with E-state index in [4.69, 9.17) is 13.9 Å². The van der Waals surface area contributed by atoms with Crippen molar-refractivity contribution < 1.29 is 13.9 Å². The highest BCUT2D eigenvalue weighted by molar-refractivity contribution is 5.23. The van der Waals surface area contributed by atoms with E-state index in [1.165, 1.54) is 12.0 Å². The Hall–Kier alpha value is -0.840. The third kappa shape index (κ3) is 4.62. The molecular weight excluding hydrogens is 254 g/mol. The van der Waals surface area contributed by atoms with Gasteiger partial charge in [0.05, 0.1) is 12.7 Å². The van der Waals surface area contributed by atoms with Gasteiger partial charge in [0, 0.05) is 24.8 Å². The second-order valence-corrected chi connectivity index (χ2v) is 5.61. The van der Waals surface area contributed by atoms with Gasteiger partial charge in [0.15, 0.2) is 0 Å². The molecule has 4 heteroatoms. The van der Waals surface area contributed by atoms with Crippen molar-refractivity contribution in [2.24, 2.45) is 0 Å². The minimum Gasteiger partial charge on any atom is -0.466 e. The molecule has 2 atom stereocenters. The van der Waals surface area contributed by atoms with Gasteiger partial charge in [-0.15, -0.1) is 0 Å². The average molecular weight is 281 g/mol. The van der Waals surface area contributed by atoms with E-state index in [0.717, 1.165) is 50.7 Å². The van der Waals surface area contributed by atoms with E-state index in [9.17, 15) is 0 Å². The van der Waals surface area contributed by atoms with Crippen LogP contribution in [0.4, 0.5) is 0 Å². The number of nitrogens with one attached hydrogen (secondary N) is 1. The first-order valence-corrected chi connectivity index (χ1v) is 7.66. The SMILES string of the molecule is Cc1cc(C(C)NCCCOCC2CCCO2)c(C)o1. The summed E-state index contributed by atoms with van der Waals surface area (Å²) in [6.45, 7) is 9.57. The lowest BCUT2D eigenvalue weighted by Crippen LogP contribution is -2.22. The maximum absolute atomic E-state index is 5.65. The molecule has 114 valence electrons. The van der Waals surface area contributed by atoms with Crippen molar-refractivity contribution >= 4 is 0 Å². The van der Waals surface area contributed by atoms with Crippen molar-refractivity contribution in [1.82, 2.24) is 5.32 Å². The standard InChI is InChI=1S/C16H27NO3/c1-12-10-16(14(3)20-12)13(2)17-7-5-8-18-11-15-6-4-9-19-15/h10,13,15,17H,4-9,11H2,1-3H3. The summed E-state index contributed by atoms with van der Waals surface area (Å²) in [6, 6.07) is 2.44. The Morgan fingerprint density at radius 1 is 1.45 bits per heavy atom. The van der Waals surface area contributed by atoms with Crippen LogP contribution in [0.2, 0.25) is 0 Å². The highest BCUT2D eigenvalue weighted by Crippen LogP contribution is 2.20. The first kappa shape index (κ1) is 15.5. The maximum Gasteiger partial charge on any atom is 0.105 e. The van der Waals surface area contributed by atoms with E-state index in [-0.39, 0.29) is 0 Å². The number of rotatable bonds is 8. The fourth-order valence-corrected chi connectivity index (χ4v) is 2.67. The maximum atomic E-state index is 5.65. The predicted octanol–water partition coefficient (Wildman–Crippen LogP) is 3.13. The van der Waals surface area contributed by atoms with Crippen LogP contribution >= 0.6 is 0 Å². The molecule has 20 heavy (non-hydrogen) atoms. The van der Waals surface area contributed by atoms with Crippen molar-refractivity contribution in [1.29, 1.82) is 0 Å². The molecule has 1 fully saturated rings. The quantitative estimate of drug-likeness (QED) is 0.743. The minimum absolute atomic E-state index is 0.325. The minimum atomic E-state index is 0.325. The zero-order valence-electron chi connectivity index (χ0n) is 12.9. The van der Waals surface area contributed by atoms with E-state index in [0.29, 0.717) is 12.1 Å². The van der Waals surface area contributed by atoms with Crippen molar-refractivity contribution in [2.75, 3.05) is 26.4 Å². The summed E-state index contributed by atoms with van der Waals surface area (Å²) in [4.78, 5) is 0. The molecule has 0 amide bonds. The summed E-state index contributed by atoms with van der Waals surface area (Å²) < 4.78 is 16.7. The topological polar surface area (TPSA) is 43.6 Å². The molecule has 1 aromatic rings. The molecule has 2 unspecified atom stereocenters. The van der Waals surface area contributed by atoms with Crippen LogP contribution in [-0.4, -0.2) is 32.5 Å². The predicted molar refractivity (Wildman–Crippen MR) is 79.0 cm³/mol. The van der Waals surface area contributed by atoms with E-state index in [1.807, 2.05) is 13.8 Å². The number of ether oxygens (including phenoxy) is 2. The first-order valence-electron chi connectivity index (χ1n) is 7.66. The van der Waals surface area contributed by atoms with Gasteiger partial charge in [0.2, 0.25) is 0 Å². The van der Waals surface area contributed by atoms with Crippen LogP contribution in [0.3, 0.4) is 0 Å². The summed E-state index contributed by atoms with van der Waals surface area (Å²) in [5.41, 5.74) is 1.25. The van der Waals surface area contributed by atoms with E-state index in [2.05, 4.69) is 18.3 Å². The molecule has 1 saturated heterocycles. The fourth-order valence-electron chi connectivity index (χ4n) is 2.67. The molecular formula is C16H27NO3. The summed E-state index contributed by atoms with van der Waals surface area (Å²) in [5, 5.41) is 3.51. The Morgan fingerprint density at radius 3 is 2.95 bits per heavy atom. The second kappa shape index (κ2) is 7.81. The lowest BCUT2D eigenvalue weighted by atomic mass is 10.1. The first-order chi connectivity index (χ1) is 9.66. The largest absolute Gasteiger partial charge is 0.466 e. The zero-order chi connectivity index (χ0) is 14.4. The van der Waals surface area contributed by atoms with Crippen LogP contribution < -0.4 is 5.32 Å². The molecule has 1 N–H and O–H groups in total. The monoisotopic (exact) mass is 281 g/mol. The lowest BCUT2D eigenvalue weighted by Gasteiger charge is -2.14. The smallest absolute Gasteiger partial charge is 0.105 e. The van der Waals surface area contributed by atoms with Crippen molar-refractivity contribution in [3.05, 3.63) is 23.2 Å². The average Bonchev–Trinajstić information content (AvgIpc) is 3.03. The van der Waals surface area contributed by atoms with E-state index < -0.39 is 0 Å². The second-order valence-electron chi connectivity index (χ2n) is 5.61. The van der Waals surface area contributed by atoms with Gasteiger partial charge >= 0.3 is 0 Å². The van der Waals surface area contributed by atoms with Gasteiger partial charge < -0.3 is 19.2 Å². The Bertz CT molecular complexity index is 396. The van der Waals surface area contributed by atoms with E-state index in [1.54, 1.807) is 0 Å². The molecule has 0 radical (unpaired) electrons. The molecule has 0 spiro atoms. The van der Waals surface area contributed by atoms with Crippen molar-refractivity contribution in [3.8, 4) is 0 Å². The lowest BCUT2D eigenvalue weighted by molar-refractivity contribution is 0.0165. The highest BCUT2D eigenvalue weighted by atomic mass is 16.5. The van der Waals surface area contributed by atoms with Gasteiger partial charge in [0.1, 0.15) is 11.5 Å². The molecule has 1 aliphatic heterocycles. The summed E-state index contributed by atoms with van der Waals surface area (Å²) in [6.07, 6.45) is 3.68. The van der Waals surface area contributed by atoms with Gasteiger partial charge in [-0.25, -0.2) is 0 Å². The summed E-state index contributed by atoms with van der Waals surface area (Å²) in [7, 11) is 0. The van der Waals surface area contributed by atoms with Gasteiger partial charge in [-0.1, -0.05) is 0 Å². The van der Waals surface area contributed by atoms with Crippen molar-refractivity contribution in [2.45, 2.75) is 52.2 Å². The van der Waals surface area contributed by atoms with Crippen molar-refractivity contribution in [3.63, 3.8) is 0 Å². The number of furan rings is 1. The third-order valence-corrected chi connectivity index (χ3v) is 3.79. The number of hydrogen-bond acceptors (Lipinski definition) is 4. The van der Waals surface area contributed by atoms with Crippen LogP contribution in [-0.2, 0) is 9.47 Å². The molecule has 0 aromatic carbocycles. The molecule has 4 nitrogen and oxygen atoms in total. The van der Waals surface area contributed by atoms with Crippen LogP contribution in [0.1, 0.15) is 49.3 Å². The Balaban J connectivity index is 1.55. The highest BCUT2D eigenvalue weighted by Gasteiger charge is 2.15. The van der Waals surface area contributed by atoms with Gasteiger partial charge in [-0.2, -0.15) is 0 Å². The van der Waals surface area contributed by atoms with Gasteiger partial charge in [-0.05, 0) is 52.6 Å². The number of aryl methyl sites for hydroxylation is 2. The molecule has 0 saturated carbocycles. The van der Waals surface area contributed by atoms with E-state index >= 15 is 0 Å². The summed E-state index contributed by atoms with van der Waals surface area (Å²) >= 11 is 0. The van der Waals surface area contributed by atoms with Gasteiger partial charge in [0.25, 0.3) is 0 Å². The fraction of sp³-hybridized carbons (Fsp3) is 0.750. The molecule has 0 bridgehead atoms.